The van der Waals surface area contributed by atoms with Gasteiger partial charge in [0.2, 0.25) is 21.8 Å². The van der Waals surface area contributed by atoms with E-state index in [9.17, 15) is 18.0 Å². The van der Waals surface area contributed by atoms with Gasteiger partial charge < -0.3 is 19.7 Å². The van der Waals surface area contributed by atoms with Gasteiger partial charge >= 0.3 is 0 Å². The third-order valence-corrected chi connectivity index (χ3v) is 9.41. The van der Waals surface area contributed by atoms with Crippen molar-refractivity contribution in [2.75, 3.05) is 29.8 Å². The zero-order valence-electron chi connectivity index (χ0n) is 25.3. The molecule has 3 aromatic carbocycles. The van der Waals surface area contributed by atoms with E-state index in [-0.39, 0.29) is 30.7 Å². The lowest BCUT2D eigenvalue weighted by Crippen LogP contribution is -2.54. The summed E-state index contributed by atoms with van der Waals surface area (Å²) in [7, 11) is -3.89. The lowest BCUT2D eigenvalue weighted by Gasteiger charge is -2.34. The van der Waals surface area contributed by atoms with Gasteiger partial charge in [0, 0.05) is 25.1 Å². The van der Waals surface area contributed by atoms with Crippen molar-refractivity contribution in [1.82, 2.24) is 10.2 Å². The van der Waals surface area contributed by atoms with Crippen LogP contribution in [-0.4, -0.2) is 62.7 Å². The van der Waals surface area contributed by atoms with Crippen LogP contribution in [0.5, 0.6) is 11.5 Å². The van der Waals surface area contributed by atoms with Crippen molar-refractivity contribution in [3.8, 4) is 11.5 Å². The number of sulfonamides is 1. The molecule has 9 nitrogen and oxygen atoms in total. The molecule has 43 heavy (non-hydrogen) atoms. The molecule has 0 radical (unpaired) electrons. The van der Waals surface area contributed by atoms with Gasteiger partial charge in [0.1, 0.15) is 25.8 Å². The molecule has 2 amide bonds. The highest BCUT2D eigenvalue weighted by atomic mass is 32.2. The zero-order chi connectivity index (χ0) is 31.0. The van der Waals surface area contributed by atoms with E-state index in [4.69, 9.17) is 9.47 Å². The largest absolute Gasteiger partial charge is 0.486 e. The first-order valence-corrected chi connectivity index (χ1v) is 16.3. The van der Waals surface area contributed by atoms with Crippen LogP contribution in [0.15, 0.2) is 72.8 Å². The number of amides is 2. The Kier molecular flexibility index (Phi) is 10.7. The maximum absolute atomic E-state index is 14.4. The fourth-order valence-corrected chi connectivity index (χ4v) is 5.93. The predicted octanol–water partition coefficient (Wildman–Crippen LogP) is 4.48. The van der Waals surface area contributed by atoms with E-state index in [0.29, 0.717) is 30.4 Å². The molecular weight excluding hydrogens is 566 g/mol. The number of fused-ring (bicyclic) bond motifs is 1. The highest BCUT2D eigenvalue weighted by Crippen LogP contribution is 2.35. The maximum Gasteiger partial charge on any atom is 0.244 e. The van der Waals surface area contributed by atoms with Crippen LogP contribution in [0.4, 0.5) is 5.69 Å². The van der Waals surface area contributed by atoms with Gasteiger partial charge in [0.15, 0.2) is 11.5 Å². The second-order valence-electron chi connectivity index (χ2n) is 10.7. The molecule has 0 bridgehead atoms. The Labute approximate surface area is 254 Å². The van der Waals surface area contributed by atoms with E-state index in [1.807, 2.05) is 75.4 Å². The van der Waals surface area contributed by atoms with Crippen LogP contribution in [0.25, 0.3) is 0 Å². The summed E-state index contributed by atoms with van der Waals surface area (Å²) in [4.78, 5) is 29.7. The van der Waals surface area contributed by atoms with Crippen molar-refractivity contribution in [1.29, 1.82) is 0 Å². The highest BCUT2D eigenvalue weighted by molar-refractivity contribution is 7.92. The molecule has 2 atom stereocenters. The SMILES string of the molecule is CC[C@H](C)NC(=O)[C@@H](Cc1ccccc1)N(Cc1ccccc1C)C(=O)CN(c1ccc2c(c1)OCCO2)S(=O)(=O)CC. The minimum absolute atomic E-state index is 0.101. The Bertz CT molecular complexity index is 1510. The van der Waals surface area contributed by atoms with Gasteiger partial charge in [-0.15, -0.1) is 0 Å². The van der Waals surface area contributed by atoms with Crippen LogP contribution in [0, 0.1) is 6.92 Å². The van der Waals surface area contributed by atoms with Crippen molar-refractivity contribution in [2.45, 2.75) is 59.2 Å². The Morgan fingerprint density at radius 1 is 0.930 bits per heavy atom. The predicted molar refractivity (Wildman–Crippen MR) is 168 cm³/mol. The lowest BCUT2D eigenvalue weighted by atomic mass is 10.0. The van der Waals surface area contributed by atoms with E-state index >= 15 is 0 Å². The average molecular weight is 608 g/mol. The molecular formula is C33H41N3O6S. The van der Waals surface area contributed by atoms with Crippen LogP contribution in [0.1, 0.15) is 43.9 Å². The summed E-state index contributed by atoms with van der Waals surface area (Å²) in [6.07, 6.45) is 0.994. The highest BCUT2D eigenvalue weighted by Gasteiger charge is 2.34. The van der Waals surface area contributed by atoms with Gasteiger partial charge in [-0.25, -0.2) is 8.42 Å². The number of carbonyl (C=O) groups excluding carboxylic acids is 2. The molecule has 0 saturated heterocycles. The smallest absolute Gasteiger partial charge is 0.244 e. The summed E-state index contributed by atoms with van der Waals surface area (Å²) in [6.45, 7) is 7.78. The first kappa shape index (κ1) is 31.9. The summed E-state index contributed by atoms with van der Waals surface area (Å²) < 4.78 is 39.2. The molecule has 3 aromatic rings. The number of aryl methyl sites for hydroxylation is 1. The fraction of sp³-hybridized carbons (Fsp3) is 0.394. The Balaban J connectivity index is 1.76. The number of benzene rings is 3. The van der Waals surface area contributed by atoms with Crippen molar-refractivity contribution >= 4 is 27.5 Å². The molecule has 1 heterocycles. The van der Waals surface area contributed by atoms with E-state index in [1.165, 1.54) is 11.8 Å². The van der Waals surface area contributed by atoms with Gasteiger partial charge in [0.25, 0.3) is 0 Å². The van der Waals surface area contributed by atoms with E-state index in [0.717, 1.165) is 27.4 Å². The number of hydrogen-bond acceptors (Lipinski definition) is 6. The molecule has 0 aliphatic carbocycles. The number of hydrogen-bond donors (Lipinski definition) is 1. The molecule has 230 valence electrons. The Hall–Kier alpha value is -4.05. The number of carbonyl (C=O) groups is 2. The van der Waals surface area contributed by atoms with E-state index in [1.54, 1.807) is 18.2 Å². The summed E-state index contributed by atoms with van der Waals surface area (Å²) >= 11 is 0. The maximum atomic E-state index is 14.4. The van der Waals surface area contributed by atoms with Gasteiger partial charge in [-0.2, -0.15) is 0 Å². The monoisotopic (exact) mass is 607 g/mol. The van der Waals surface area contributed by atoms with Crippen LogP contribution in [-0.2, 0) is 32.6 Å². The summed E-state index contributed by atoms with van der Waals surface area (Å²) in [5, 5.41) is 3.05. The van der Waals surface area contributed by atoms with Gasteiger partial charge in [-0.3, -0.25) is 13.9 Å². The molecule has 0 saturated carbocycles. The first-order valence-electron chi connectivity index (χ1n) is 14.7. The number of anilines is 1. The molecule has 1 aliphatic heterocycles. The van der Waals surface area contributed by atoms with Gasteiger partial charge in [-0.1, -0.05) is 61.5 Å². The normalized spacial score (nSPS) is 14.0. The number of ether oxygens (including phenoxy) is 2. The van der Waals surface area contributed by atoms with E-state index in [2.05, 4.69) is 5.32 Å². The molecule has 10 heteroatoms. The number of rotatable bonds is 13. The zero-order valence-corrected chi connectivity index (χ0v) is 26.1. The summed E-state index contributed by atoms with van der Waals surface area (Å²) in [6, 6.07) is 21.1. The van der Waals surface area contributed by atoms with Crippen LogP contribution in [0.2, 0.25) is 0 Å². The number of nitrogens with zero attached hydrogens (tertiary/aromatic N) is 2. The molecule has 0 aromatic heterocycles. The quantitative estimate of drug-likeness (QED) is 0.307. The van der Waals surface area contributed by atoms with Crippen molar-refractivity contribution in [2.24, 2.45) is 0 Å². The Morgan fingerprint density at radius 2 is 1.60 bits per heavy atom. The summed E-state index contributed by atoms with van der Waals surface area (Å²) in [5.41, 5.74) is 3.01. The molecule has 4 rings (SSSR count). The van der Waals surface area contributed by atoms with Crippen molar-refractivity contribution < 1.29 is 27.5 Å². The lowest BCUT2D eigenvalue weighted by molar-refractivity contribution is -0.140. The van der Waals surface area contributed by atoms with Crippen LogP contribution in [0.3, 0.4) is 0 Å². The van der Waals surface area contributed by atoms with Gasteiger partial charge in [0.05, 0.1) is 11.4 Å². The standard InChI is InChI=1S/C33H41N3O6S/c1-5-25(4)34-33(38)29(20-26-13-8-7-9-14-26)35(22-27-15-11-10-12-24(27)3)32(37)23-36(43(39,40)6-2)28-16-17-30-31(21-28)42-19-18-41-30/h7-17,21,25,29H,5-6,18-20,22-23H2,1-4H3,(H,34,38)/t25-,29+/m0/s1. The fourth-order valence-electron chi connectivity index (χ4n) is 4.87. The minimum atomic E-state index is -3.89. The van der Waals surface area contributed by atoms with Crippen molar-refractivity contribution in [3.63, 3.8) is 0 Å². The van der Waals surface area contributed by atoms with Gasteiger partial charge in [-0.05, 0) is 56.0 Å². The first-order chi connectivity index (χ1) is 20.6. The molecule has 0 spiro atoms. The van der Waals surface area contributed by atoms with Crippen LogP contribution >= 0.6 is 0 Å². The van der Waals surface area contributed by atoms with Crippen LogP contribution < -0.4 is 19.1 Å². The topological polar surface area (TPSA) is 105 Å². The average Bonchev–Trinajstić information content (AvgIpc) is 3.02. The second-order valence-corrected chi connectivity index (χ2v) is 12.9. The van der Waals surface area contributed by atoms with Crippen molar-refractivity contribution in [3.05, 3.63) is 89.5 Å². The minimum Gasteiger partial charge on any atom is -0.486 e. The molecule has 1 aliphatic rings. The Morgan fingerprint density at radius 3 is 2.28 bits per heavy atom. The third-order valence-electron chi connectivity index (χ3n) is 7.67. The number of nitrogens with one attached hydrogen (secondary N) is 1. The second kappa shape index (κ2) is 14.4. The molecule has 1 N–H and O–H groups in total. The molecule has 0 fully saturated rings. The molecule has 0 unspecified atom stereocenters. The van der Waals surface area contributed by atoms with E-state index < -0.39 is 28.5 Å². The third kappa shape index (κ3) is 8.07. The summed E-state index contributed by atoms with van der Waals surface area (Å²) in [5.74, 6) is -0.0611.